The van der Waals surface area contributed by atoms with Crippen LogP contribution in [0, 0.1) is 6.92 Å². The van der Waals surface area contributed by atoms with Crippen molar-refractivity contribution >= 4 is 17.6 Å². The number of rotatable bonds is 6. The lowest BCUT2D eigenvalue weighted by Crippen LogP contribution is -2.12. The number of unbranched alkanes of at least 4 members (excludes halogenated alkanes) is 1. The number of nitrogens with zero attached hydrogens (tertiary/aromatic N) is 1. The molecule has 4 heteroatoms. The number of carbonyl (C=O) groups excluding carboxylic acids is 1. The molecule has 0 bridgehead atoms. The zero-order valence-electron chi connectivity index (χ0n) is 13.9. The topological polar surface area (TPSA) is 39.2 Å². The summed E-state index contributed by atoms with van der Waals surface area (Å²) in [5.41, 5.74) is 4.17. The molecule has 122 valence electrons. The number of esters is 1. The van der Waals surface area contributed by atoms with Gasteiger partial charge in [-0.15, -0.1) is 0 Å². The van der Waals surface area contributed by atoms with Gasteiger partial charge in [0.15, 0.2) is 0 Å². The summed E-state index contributed by atoms with van der Waals surface area (Å²) in [6.45, 7) is 6.18. The van der Waals surface area contributed by atoms with Gasteiger partial charge in [-0.25, -0.2) is 4.79 Å². The van der Waals surface area contributed by atoms with Gasteiger partial charge in [0.25, 0.3) is 0 Å². The Morgan fingerprint density at radius 3 is 2.52 bits per heavy atom. The van der Waals surface area contributed by atoms with E-state index in [-0.39, 0.29) is 5.97 Å². The molecule has 1 aromatic carbocycles. The van der Waals surface area contributed by atoms with Gasteiger partial charge in [-0.05, 0) is 50.5 Å². The molecule has 2 aromatic rings. The van der Waals surface area contributed by atoms with Crippen LogP contribution in [0.1, 0.15) is 48.3 Å². The molecule has 0 aliphatic rings. The minimum atomic E-state index is -0.286. The highest BCUT2D eigenvalue weighted by atomic mass is 35.5. The number of aryl methyl sites for hydroxylation is 2. The van der Waals surface area contributed by atoms with Gasteiger partial charge in [-0.2, -0.15) is 0 Å². The van der Waals surface area contributed by atoms with Crippen molar-refractivity contribution in [1.82, 2.24) is 4.98 Å². The van der Waals surface area contributed by atoms with Crippen molar-refractivity contribution in [3.63, 3.8) is 0 Å². The average Bonchev–Trinajstić information content (AvgIpc) is 2.53. The minimum Gasteiger partial charge on any atom is -0.462 e. The van der Waals surface area contributed by atoms with Gasteiger partial charge >= 0.3 is 5.97 Å². The monoisotopic (exact) mass is 331 g/mol. The Labute approximate surface area is 142 Å². The van der Waals surface area contributed by atoms with Crippen LogP contribution in [0.5, 0.6) is 0 Å². The molecule has 0 amide bonds. The Morgan fingerprint density at radius 2 is 1.91 bits per heavy atom. The Balaban J connectivity index is 2.48. The van der Waals surface area contributed by atoms with E-state index < -0.39 is 0 Å². The SMILES string of the molecule is CCCCc1cc(-c2ccc(Cl)cc2)nc(C)c1C(=O)OCC. The zero-order valence-corrected chi connectivity index (χ0v) is 14.6. The predicted molar refractivity (Wildman–Crippen MR) is 94.0 cm³/mol. The number of hydrogen-bond donors (Lipinski definition) is 0. The lowest BCUT2D eigenvalue weighted by molar-refractivity contribution is 0.0523. The molecule has 1 aromatic heterocycles. The first kappa shape index (κ1) is 17.5. The molecule has 0 aliphatic heterocycles. The maximum atomic E-state index is 12.3. The first-order chi connectivity index (χ1) is 11.1. The van der Waals surface area contributed by atoms with Crippen molar-refractivity contribution in [2.75, 3.05) is 6.61 Å². The maximum Gasteiger partial charge on any atom is 0.340 e. The van der Waals surface area contributed by atoms with Gasteiger partial charge < -0.3 is 4.74 Å². The molecule has 0 unspecified atom stereocenters. The molecule has 1 heterocycles. The van der Waals surface area contributed by atoms with Crippen molar-refractivity contribution in [3.05, 3.63) is 52.2 Å². The summed E-state index contributed by atoms with van der Waals surface area (Å²) in [5.74, 6) is -0.286. The largest absolute Gasteiger partial charge is 0.462 e. The second kappa shape index (κ2) is 8.11. The second-order valence-electron chi connectivity index (χ2n) is 5.46. The molecule has 2 rings (SSSR count). The molecular weight excluding hydrogens is 310 g/mol. The van der Waals surface area contributed by atoms with Gasteiger partial charge in [-0.3, -0.25) is 4.98 Å². The van der Waals surface area contributed by atoms with E-state index >= 15 is 0 Å². The summed E-state index contributed by atoms with van der Waals surface area (Å²) in [7, 11) is 0. The van der Waals surface area contributed by atoms with Crippen molar-refractivity contribution in [3.8, 4) is 11.3 Å². The fourth-order valence-electron chi connectivity index (χ4n) is 2.55. The van der Waals surface area contributed by atoms with Crippen LogP contribution in [0.25, 0.3) is 11.3 Å². The number of ether oxygens (including phenoxy) is 1. The van der Waals surface area contributed by atoms with E-state index in [1.807, 2.05) is 44.2 Å². The molecule has 0 radical (unpaired) electrons. The molecule has 0 fully saturated rings. The summed E-state index contributed by atoms with van der Waals surface area (Å²) in [6.07, 6.45) is 2.93. The van der Waals surface area contributed by atoms with Crippen LogP contribution in [-0.4, -0.2) is 17.6 Å². The quantitative estimate of drug-likeness (QED) is 0.680. The van der Waals surface area contributed by atoms with Crippen LogP contribution in [0.2, 0.25) is 5.02 Å². The number of aromatic nitrogens is 1. The van der Waals surface area contributed by atoms with E-state index in [0.717, 1.165) is 36.1 Å². The zero-order chi connectivity index (χ0) is 16.8. The summed E-state index contributed by atoms with van der Waals surface area (Å²) in [5, 5.41) is 0.694. The van der Waals surface area contributed by atoms with Crippen LogP contribution >= 0.6 is 11.6 Å². The number of benzene rings is 1. The average molecular weight is 332 g/mol. The molecule has 0 saturated carbocycles. The highest BCUT2D eigenvalue weighted by molar-refractivity contribution is 6.30. The lowest BCUT2D eigenvalue weighted by atomic mass is 9.98. The lowest BCUT2D eigenvalue weighted by Gasteiger charge is -2.13. The van der Waals surface area contributed by atoms with Gasteiger partial charge in [-0.1, -0.05) is 37.1 Å². The molecule has 0 atom stereocenters. The van der Waals surface area contributed by atoms with Crippen LogP contribution in [-0.2, 0) is 11.2 Å². The first-order valence-corrected chi connectivity index (χ1v) is 8.38. The van der Waals surface area contributed by atoms with E-state index in [2.05, 4.69) is 11.9 Å². The van der Waals surface area contributed by atoms with Crippen molar-refractivity contribution in [1.29, 1.82) is 0 Å². The summed E-state index contributed by atoms with van der Waals surface area (Å²) >= 11 is 5.95. The Kier molecular flexibility index (Phi) is 6.17. The minimum absolute atomic E-state index is 0.286. The van der Waals surface area contributed by atoms with Crippen LogP contribution in [0.15, 0.2) is 30.3 Å². The number of halogens is 1. The van der Waals surface area contributed by atoms with Crippen LogP contribution in [0.4, 0.5) is 0 Å². The molecular formula is C19H22ClNO2. The highest BCUT2D eigenvalue weighted by Gasteiger charge is 2.18. The maximum absolute atomic E-state index is 12.3. The van der Waals surface area contributed by atoms with Gasteiger partial charge in [0.05, 0.1) is 23.6 Å². The summed E-state index contributed by atoms with van der Waals surface area (Å²) < 4.78 is 5.19. The van der Waals surface area contributed by atoms with Crippen molar-refractivity contribution < 1.29 is 9.53 Å². The summed E-state index contributed by atoms with van der Waals surface area (Å²) in [4.78, 5) is 16.9. The molecule has 0 N–H and O–H groups in total. The van der Waals surface area contributed by atoms with Crippen LogP contribution in [0.3, 0.4) is 0 Å². The van der Waals surface area contributed by atoms with E-state index in [1.54, 1.807) is 0 Å². The normalized spacial score (nSPS) is 10.6. The third kappa shape index (κ3) is 4.32. The van der Waals surface area contributed by atoms with Crippen LogP contribution < -0.4 is 0 Å². The number of hydrogen-bond acceptors (Lipinski definition) is 3. The molecule has 0 saturated heterocycles. The second-order valence-corrected chi connectivity index (χ2v) is 5.89. The third-order valence-electron chi connectivity index (χ3n) is 3.70. The molecule has 0 aliphatic carbocycles. The highest BCUT2D eigenvalue weighted by Crippen LogP contribution is 2.25. The summed E-state index contributed by atoms with van der Waals surface area (Å²) in [6, 6.07) is 9.57. The first-order valence-electron chi connectivity index (χ1n) is 8.00. The van der Waals surface area contributed by atoms with E-state index in [0.29, 0.717) is 22.9 Å². The van der Waals surface area contributed by atoms with Gasteiger partial charge in [0.2, 0.25) is 0 Å². The van der Waals surface area contributed by atoms with Gasteiger partial charge in [0.1, 0.15) is 0 Å². The predicted octanol–water partition coefficient (Wildman–Crippen LogP) is 5.23. The smallest absolute Gasteiger partial charge is 0.340 e. The Morgan fingerprint density at radius 1 is 1.22 bits per heavy atom. The molecule has 3 nitrogen and oxygen atoms in total. The van der Waals surface area contributed by atoms with E-state index in [9.17, 15) is 4.79 Å². The fraction of sp³-hybridized carbons (Fsp3) is 0.368. The van der Waals surface area contributed by atoms with E-state index in [1.165, 1.54) is 0 Å². The standard InChI is InChI=1S/C19H22ClNO2/c1-4-6-7-15-12-17(14-8-10-16(20)11-9-14)21-13(3)18(15)19(22)23-5-2/h8-12H,4-7H2,1-3H3. The molecule has 0 spiro atoms. The third-order valence-corrected chi connectivity index (χ3v) is 3.95. The van der Waals surface area contributed by atoms with Crippen molar-refractivity contribution in [2.45, 2.75) is 40.0 Å². The van der Waals surface area contributed by atoms with Gasteiger partial charge in [0, 0.05) is 10.6 Å². The molecule has 23 heavy (non-hydrogen) atoms. The number of pyridine rings is 1. The Hall–Kier alpha value is -1.87. The van der Waals surface area contributed by atoms with Crippen molar-refractivity contribution in [2.24, 2.45) is 0 Å². The fourth-order valence-corrected chi connectivity index (χ4v) is 2.68. The van der Waals surface area contributed by atoms with E-state index in [4.69, 9.17) is 16.3 Å². The Bertz CT molecular complexity index is 681. The number of carbonyl (C=O) groups is 1.